The van der Waals surface area contributed by atoms with E-state index < -0.39 is 6.16 Å². The summed E-state index contributed by atoms with van der Waals surface area (Å²) in [5, 5.41) is 10.3. The third kappa shape index (κ3) is 38.5. The van der Waals surface area contributed by atoms with E-state index in [9.17, 15) is 24.4 Å². The monoisotopic (exact) mass is 784 g/mol. The first-order valence-corrected chi connectivity index (χ1v) is 22.8. The lowest BCUT2D eigenvalue weighted by atomic mass is 9.99. The Morgan fingerprint density at radius 3 is 1.40 bits per heavy atom. The van der Waals surface area contributed by atoms with Gasteiger partial charge in [0.15, 0.2) is 0 Å². The number of esters is 2. The van der Waals surface area contributed by atoms with Gasteiger partial charge in [0.05, 0.1) is 19.8 Å². The molecule has 0 amide bonds. The van der Waals surface area contributed by atoms with E-state index in [2.05, 4.69) is 20.8 Å². The zero-order valence-corrected chi connectivity index (χ0v) is 36.1. The largest absolute Gasteiger partial charge is 0.508 e. The Kier molecular flexibility index (Phi) is 38.4. The first-order valence-electron chi connectivity index (χ1n) is 22.8. The van der Waals surface area contributed by atoms with Crippen molar-refractivity contribution in [3.8, 4) is 0 Å². The van der Waals surface area contributed by atoms with Crippen LogP contribution >= 0.6 is 0 Å². The molecule has 0 aliphatic rings. The molecule has 0 saturated heterocycles. The Morgan fingerprint density at radius 1 is 0.491 bits per heavy atom. The number of ketones is 1. The number of carbonyl (C=O) groups excluding carboxylic acids is 4. The lowest BCUT2D eigenvalue weighted by Gasteiger charge is -2.18. The van der Waals surface area contributed by atoms with Gasteiger partial charge in [-0.2, -0.15) is 5.06 Å². The second-order valence-electron chi connectivity index (χ2n) is 15.8. The number of nitrogens with zero attached hydrogens (tertiary/aromatic N) is 1. The molecule has 1 unspecified atom stereocenters. The summed E-state index contributed by atoms with van der Waals surface area (Å²) in [6.07, 6.45) is 29.2. The highest BCUT2D eigenvalue weighted by Crippen LogP contribution is 2.19. The fourth-order valence-electron chi connectivity index (χ4n) is 6.66. The molecular formula is C45H85NO9. The van der Waals surface area contributed by atoms with E-state index in [-0.39, 0.29) is 56.1 Å². The van der Waals surface area contributed by atoms with E-state index in [4.69, 9.17) is 18.9 Å². The Balaban J connectivity index is 4.63. The zero-order valence-electron chi connectivity index (χ0n) is 36.1. The number of likely N-dealkylation sites (N-methyl/N-ethyl adjacent to an activating group) is 1. The molecule has 0 radical (unpaired) electrons. The smallest absolute Gasteiger partial charge is 0.465 e. The molecule has 0 aliphatic carbocycles. The summed E-state index contributed by atoms with van der Waals surface area (Å²) in [5.41, 5.74) is 0. The number of hydroxylamine groups is 2. The van der Waals surface area contributed by atoms with E-state index in [1.807, 2.05) is 0 Å². The van der Waals surface area contributed by atoms with E-state index in [0.717, 1.165) is 88.5 Å². The molecule has 324 valence electrons. The van der Waals surface area contributed by atoms with Crippen molar-refractivity contribution in [3.05, 3.63) is 0 Å². The molecule has 1 atom stereocenters. The quantitative estimate of drug-likeness (QED) is 0.0277. The summed E-state index contributed by atoms with van der Waals surface area (Å²) in [5.74, 6) is -0.204. The molecule has 10 heteroatoms. The number of hydrogen-bond donors (Lipinski definition) is 1. The fraction of sp³-hybridized carbons (Fsp3) is 0.911. The van der Waals surface area contributed by atoms with Crippen LogP contribution in [0.25, 0.3) is 0 Å². The number of Topliss-reactive ketones (excluding diaryl/α,β-unsaturated/α-hetero) is 1. The SMILES string of the molecule is CCCCCCCCCCCCC(CCCC(=O)CCCCCC(COC(=O)CCCCCCC)COC(=O)CCCCCCC)OC(=O)OCCN(C)O. The van der Waals surface area contributed by atoms with Crippen LogP contribution in [0.3, 0.4) is 0 Å². The molecule has 0 spiro atoms. The normalized spacial score (nSPS) is 11.9. The maximum Gasteiger partial charge on any atom is 0.508 e. The van der Waals surface area contributed by atoms with Crippen molar-refractivity contribution >= 4 is 23.9 Å². The second kappa shape index (κ2) is 40.0. The average molecular weight is 784 g/mol. The standard InChI is InChI=1S/C45H85NO9/c1-5-8-11-14-15-16-17-18-21-25-32-42(55-45(50)52-37-36-46(4)51)33-28-31-41(47)30-24-22-23-29-40(38-53-43(48)34-26-19-12-9-6-2)39-54-44(49)35-27-20-13-10-7-3/h40,42,51H,5-39H2,1-4H3. The van der Waals surface area contributed by atoms with Gasteiger partial charge in [-0.25, -0.2) is 4.79 Å². The third-order valence-corrected chi connectivity index (χ3v) is 10.3. The van der Waals surface area contributed by atoms with Crippen molar-refractivity contribution < 1.29 is 43.3 Å². The number of carbonyl (C=O) groups is 4. The van der Waals surface area contributed by atoms with Gasteiger partial charge in [0, 0.05) is 38.6 Å². The number of rotatable bonds is 41. The molecule has 0 aliphatic heterocycles. The maximum atomic E-state index is 12.8. The average Bonchev–Trinajstić information content (AvgIpc) is 3.15. The first-order chi connectivity index (χ1) is 26.7. The van der Waals surface area contributed by atoms with Gasteiger partial charge >= 0.3 is 18.1 Å². The van der Waals surface area contributed by atoms with Crippen molar-refractivity contribution in [1.82, 2.24) is 5.06 Å². The van der Waals surface area contributed by atoms with Crippen LogP contribution in [-0.4, -0.2) is 73.7 Å². The second-order valence-corrected chi connectivity index (χ2v) is 15.8. The molecule has 10 nitrogen and oxygen atoms in total. The summed E-state index contributed by atoms with van der Waals surface area (Å²) < 4.78 is 22.0. The minimum Gasteiger partial charge on any atom is -0.465 e. The van der Waals surface area contributed by atoms with Gasteiger partial charge in [-0.05, 0) is 51.4 Å². The van der Waals surface area contributed by atoms with Crippen LogP contribution in [-0.2, 0) is 33.3 Å². The first kappa shape index (κ1) is 52.8. The lowest BCUT2D eigenvalue weighted by Crippen LogP contribution is -2.24. The summed E-state index contributed by atoms with van der Waals surface area (Å²) in [4.78, 5) is 49.8. The van der Waals surface area contributed by atoms with Gasteiger partial charge in [0.1, 0.15) is 18.5 Å². The summed E-state index contributed by atoms with van der Waals surface area (Å²) in [6.45, 7) is 7.34. The molecule has 1 N–H and O–H groups in total. The van der Waals surface area contributed by atoms with Crippen molar-refractivity contribution in [2.45, 2.75) is 226 Å². The predicted molar refractivity (Wildman–Crippen MR) is 221 cm³/mol. The van der Waals surface area contributed by atoms with Crippen molar-refractivity contribution in [2.75, 3.05) is 33.4 Å². The molecule has 0 aromatic rings. The van der Waals surface area contributed by atoms with Crippen LogP contribution in [0.5, 0.6) is 0 Å². The number of hydrogen-bond acceptors (Lipinski definition) is 10. The van der Waals surface area contributed by atoms with Crippen LogP contribution in [0, 0.1) is 5.92 Å². The Bertz CT molecular complexity index is 883. The van der Waals surface area contributed by atoms with E-state index in [0.29, 0.717) is 38.5 Å². The highest BCUT2D eigenvalue weighted by atomic mass is 16.7. The molecule has 55 heavy (non-hydrogen) atoms. The Morgan fingerprint density at radius 2 is 0.891 bits per heavy atom. The van der Waals surface area contributed by atoms with E-state index in [1.165, 1.54) is 84.1 Å². The van der Waals surface area contributed by atoms with Gasteiger partial charge in [0.2, 0.25) is 0 Å². The van der Waals surface area contributed by atoms with E-state index >= 15 is 0 Å². The highest BCUT2D eigenvalue weighted by Gasteiger charge is 2.18. The van der Waals surface area contributed by atoms with Crippen molar-refractivity contribution in [3.63, 3.8) is 0 Å². The molecule has 0 bridgehead atoms. The molecule has 0 aromatic heterocycles. The van der Waals surface area contributed by atoms with Crippen LogP contribution in [0.4, 0.5) is 4.79 Å². The molecule has 0 rings (SSSR count). The van der Waals surface area contributed by atoms with Crippen LogP contribution < -0.4 is 0 Å². The summed E-state index contributed by atoms with van der Waals surface area (Å²) in [6, 6.07) is 0. The lowest BCUT2D eigenvalue weighted by molar-refractivity contribution is -0.149. The number of unbranched alkanes of at least 4 members (excludes halogenated alkanes) is 19. The maximum absolute atomic E-state index is 12.8. The fourth-order valence-corrected chi connectivity index (χ4v) is 6.66. The molecule has 0 fully saturated rings. The molecule has 0 aromatic carbocycles. The van der Waals surface area contributed by atoms with Gasteiger partial charge in [-0.1, -0.05) is 143 Å². The predicted octanol–water partition coefficient (Wildman–Crippen LogP) is 12.3. The molecular weight excluding hydrogens is 698 g/mol. The zero-order chi connectivity index (χ0) is 40.6. The topological polar surface area (TPSA) is 129 Å². The van der Waals surface area contributed by atoms with E-state index in [1.54, 1.807) is 0 Å². The summed E-state index contributed by atoms with van der Waals surface area (Å²) in [7, 11) is 1.49. The highest BCUT2D eigenvalue weighted by molar-refractivity contribution is 5.78. The molecule has 0 heterocycles. The van der Waals surface area contributed by atoms with Gasteiger partial charge in [-0.3, -0.25) is 14.4 Å². The van der Waals surface area contributed by atoms with Crippen molar-refractivity contribution in [2.24, 2.45) is 5.92 Å². The minimum absolute atomic E-state index is 0.0464. The Hall–Kier alpha value is -2.20. The Labute approximate surface area is 336 Å². The minimum atomic E-state index is -0.724. The number of ether oxygens (including phenoxy) is 4. The van der Waals surface area contributed by atoms with Gasteiger partial charge in [0.25, 0.3) is 0 Å². The van der Waals surface area contributed by atoms with Gasteiger partial charge in [-0.15, -0.1) is 0 Å². The molecule has 0 saturated carbocycles. The van der Waals surface area contributed by atoms with Crippen LogP contribution in [0.2, 0.25) is 0 Å². The summed E-state index contributed by atoms with van der Waals surface area (Å²) >= 11 is 0. The third-order valence-electron chi connectivity index (χ3n) is 10.3. The van der Waals surface area contributed by atoms with Crippen LogP contribution in [0.1, 0.15) is 220 Å². The van der Waals surface area contributed by atoms with Gasteiger partial charge < -0.3 is 24.2 Å². The van der Waals surface area contributed by atoms with Crippen LogP contribution in [0.15, 0.2) is 0 Å². The van der Waals surface area contributed by atoms with Crippen molar-refractivity contribution in [1.29, 1.82) is 0 Å².